The maximum Gasteiger partial charge on any atom is 0.392 e. The summed E-state index contributed by atoms with van der Waals surface area (Å²) in [7, 11) is 0. The van der Waals surface area contributed by atoms with Crippen LogP contribution >= 0.6 is 0 Å². The fourth-order valence-electron chi connectivity index (χ4n) is 10.3. The van der Waals surface area contributed by atoms with Crippen molar-refractivity contribution in [2.45, 2.75) is 346 Å². The molecule has 4 aliphatic rings. The van der Waals surface area contributed by atoms with Crippen molar-refractivity contribution in [3.8, 4) is 0 Å². The number of rotatable bonds is 6. The Hall–Kier alpha value is -1.26. The Kier molecular flexibility index (Phi) is 47.8. The van der Waals surface area contributed by atoms with E-state index in [-0.39, 0.29) is 65.6 Å². The van der Waals surface area contributed by atoms with E-state index < -0.39 is 78.9 Å². The second-order valence-corrected chi connectivity index (χ2v) is 30.3. The summed E-state index contributed by atoms with van der Waals surface area (Å²) in [6.07, 6.45) is -11.6. The van der Waals surface area contributed by atoms with Gasteiger partial charge in [0.2, 0.25) is 0 Å². The fourth-order valence-corrected chi connectivity index (χ4v) is 10.3. The van der Waals surface area contributed by atoms with Gasteiger partial charge in [-0.3, -0.25) is 0 Å². The molecule has 0 aromatic rings. The number of alkyl halides is 18. The van der Waals surface area contributed by atoms with Crippen molar-refractivity contribution in [1.82, 2.24) is 0 Å². The molecule has 0 spiro atoms. The van der Waals surface area contributed by atoms with E-state index in [1.165, 1.54) is 52.9 Å². The lowest BCUT2D eigenvalue weighted by molar-refractivity contribution is -0.199. The molecule has 18 heteroatoms. The molecule has 0 bridgehead atoms. The van der Waals surface area contributed by atoms with Crippen molar-refractivity contribution in [1.29, 1.82) is 0 Å². The van der Waals surface area contributed by atoms with Crippen LogP contribution in [0.2, 0.25) is 0 Å². The van der Waals surface area contributed by atoms with E-state index in [9.17, 15) is 79.0 Å². The first-order valence-electron chi connectivity index (χ1n) is 34.2. The molecular formula is C70H134F18. The normalized spacial score (nSPS) is 27.2. The lowest BCUT2D eigenvalue weighted by Gasteiger charge is -2.35. The summed E-state index contributed by atoms with van der Waals surface area (Å²) in [5, 5.41) is 0. The van der Waals surface area contributed by atoms with Gasteiger partial charge in [0, 0.05) is 2.74 Å². The molecule has 0 nitrogen and oxygen atoms in total. The third kappa shape index (κ3) is 55.2. The predicted octanol–water partition coefficient (Wildman–Crippen LogP) is 29.4. The van der Waals surface area contributed by atoms with E-state index >= 15 is 0 Å². The second kappa shape index (κ2) is 45.2. The Balaban J connectivity index is -0.000000220. The van der Waals surface area contributed by atoms with Crippen LogP contribution < -0.4 is 0 Å². The van der Waals surface area contributed by atoms with Crippen LogP contribution in [0.25, 0.3) is 0 Å². The highest BCUT2D eigenvalue weighted by atomic mass is 19.4. The molecule has 0 aliphatic heterocycles. The predicted molar refractivity (Wildman–Crippen MR) is 337 cm³/mol. The first-order chi connectivity index (χ1) is 39.8. The van der Waals surface area contributed by atoms with Gasteiger partial charge in [0.05, 0.1) is 35.5 Å². The van der Waals surface area contributed by atoms with Crippen LogP contribution in [-0.2, 0) is 0 Å². The molecule has 4 rings (SSSR count). The summed E-state index contributed by atoms with van der Waals surface area (Å²) in [6.45, 7) is 52.3. The van der Waals surface area contributed by atoms with Gasteiger partial charge in [0.25, 0.3) is 0 Å². The van der Waals surface area contributed by atoms with Crippen LogP contribution in [0.5, 0.6) is 0 Å². The highest BCUT2D eigenvalue weighted by Gasteiger charge is 2.49. The standard InChI is InChI=1S/2C9H15F3.2C8H13F3.C7H16.C6H11F3.3C6H14.C5H9F3/c1-6-3-7(2)5-8(4-6)9(10,11)12;1-6-4-3-5-8(7(6)2)9(10,11)12;1-5-3-6(2)7(4-5)8(9,10)11;1-5-3-4-7(6(5)2)8(9,10)11;1-5-6-7(2,3)4;1-3-4-5(2)6(7,8)9;2*1-5-6(2,3)4;1-4-5-6(2)3;1-3-4(2)5(6,7)8/h2*6-8H,3-5H2,1-2H3;2*5-7H,3-4H2,1-2H3;5-6H2,1-4H3;5H,3-4H2,1-2H3;2*5H2,1-4H3;6H,4-5H2,1-3H3;4H,3H2,1-2H3/t6-,7?,8?;6?,7-,8?;;5?,6-,7?;;;;;;/m01.1....../s1/i;;;;;;5D2;;;. The highest BCUT2D eigenvalue weighted by molar-refractivity contribution is 4.85. The maximum atomic E-state index is 12.4. The van der Waals surface area contributed by atoms with E-state index in [1.54, 1.807) is 34.6 Å². The molecule has 14 atom stereocenters. The first-order valence-corrected chi connectivity index (χ1v) is 33.2. The Morgan fingerprint density at radius 3 is 0.886 bits per heavy atom. The summed E-state index contributed by atoms with van der Waals surface area (Å²) in [5.41, 5.74) is 0.863. The van der Waals surface area contributed by atoms with E-state index in [1.807, 2.05) is 55.4 Å². The average molecular weight is 1320 g/mol. The maximum absolute atomic E-state index is 12.4. The third-order valence-corrected chi connectivity index (χ3v) is 17.3. The van der Waals surface area contributed by atoms with Crippen LogP contribution in [0.4, 0.5) is 79.0 Å². The molecule has 0 N–H and O–H groups in total. The van der Waals surface area contributed by atoms with Gasteiger partial charge >= 0.3 is 37.1 Å². The summed E-state index contributed by atoms with van der Waals surface area (Å²) >= 11 is 0. The third-order valence-electron chi connectivity index (χ3n) is 17.3. The molecule has 0 aromatic heterocycles. The Morgan fingerprint density at radius 2 is 0.727 bits per heavy atom. The molecule has 4 saturated carbocycles. The van der Waals surface area contributed by atoms with Gasteiger partial charge in [-0.05, 0) is 140 Å². The molecule has 0 heterocycles. The molecule has 4 aliphatic carbocycles. The number of halogens is 18. The van der Waals surface area contributed by atoms with E-state index in [4.69, 9.17) is 2.74 Å². The van der Waals surface area contributed by atoms with Gasteiger partial charge in [-0.2, -0.15) is 79.0 Å². The van der Waals surface area contributed by atoms with Crippen LogP contribution in [0.3, 0.4) is 0 Å². The van der Waals surface area contributed by atoms with Crippen molar-refractivity contribution in [3.05, 3.63) is 0 Å². The second-order valence-electron chi connectivity index (χ2n) is 30.3. The fraction of sp³-hybridized carbons (Fsp3) is 1.00. The van der Waals surface area contributed by atoms with Crippen molar-refractivity contribution < 1.29 is 81.8 Å². The van der Waals surface area contributed by atoms with Gasteiger partial charge in [-0.15, -0.1) is 0 Å². The van der Waals surface area contributed by atoms with E-state index in [0.29, 0.717) is 49.4 Å². The van der Waals surface area contributed by atoms with Gasteiger partial charge < -0.3 is 0 Å². The van der Waals surface area contributed by atoms with E-state index in [2.05, 4.69) is 76.2 Å². The van der Waals surface area contributed by atoms with Gasteiger partial charge in [0.1, 0.15) is 0 Å². The van der Waals surface area contributed by atoms with Crippen LogP contribution in [0.15, 0.2) is 0 Å². The minimum atomic E-state index is -3.99. The smallest absolute Gasteiger partial charge is 0.171 e. The minimum Gasteiger partial charge on any atom is -0.171 e. The zero-order chi connectivity index (χ0) is 73.4. The highest BCUT2D eigenvalue weighted by Crippen LogP contribution is 2.48. The van der Waals surface area contributed by atoms with Crippen molar-refractivity contribution in [3.63, 3.8) is 0 Å². The first kappa shape index (κ1) is 93.1. The number of hydrogen-bond donors (Lipinski definition) is 0. The molecule has 0 radical (unpaired) electrons. The quantitative estimate of drug-likeness (QED) is 0.233. The Morgan fingerprint density at radius 1 is 0.375 bits per heavy atom. The summed E-state index contributed by atoms with van der Waals surface area (Å²) in [5.74, 6) is -4.95. The largest absolute Gasteiger partial charge is 0.392 e. The Labute approximate surface area is 531 Å². The van der Waals surface area contributed by atoms with Crippen molar-refractivity contribution in [2.24, 2.45) is 105 Å². The lowest BCUT2D eigenvalue weighted by atomic mass is 9.73. The molecular weight excluding hydrogens is 1180 g/mol. The zero-order valence-corrected chi connectivity index (χ0v) is 60.2. The van der Waals surface area contributed by atoms with Crippen molar-refractivity contribution in [2.75, 3.05) is 0 Å². The monoisotopic (exact) mass is 1320 g/mol. The van der Waals surface area contributed by atoms with Crippen LogP contribution in [0.1, 0.15) is 312 Å². The molecule has 540 valence electrons. The SMILES string of the molecule is CC1CC(C(F)(F)F)C[C@@H](C)C1.CC1CC(C)C(C(F)(F)F)C1.CC1CCC(C(F)(F)F)[C@@H]1C.CC1CCCC(C(F)(F)F)[C@@H]1C.CCC(C)(C)C.CCC(C)C(F)(F)F.CCCC(C)(C)C.CCCC(C)C.CCCC(C)C(F)(F)F.[2H]C([2H])(C)C(C)(C)C. The zero-order valence-electron chi connectivity index (χ0n) is 62.2. The van der Waals surface area contributed by atoms with E-state index in [0.717, 1.165) is 38.0 Å². The lowest BCUT2D eigenvalue weighted by Crippen LogP contribution is -2.35. The molecule has 0 aromatic carbocycles. The van der Waals surface area contributed by atoms with Gasteiger partial charge in [0.15, 0.2) is 0 Å². The molecule has 4 fully saturated rings. The van der Waals surface area contributed by atoms with Gasteiger partial charge in [-0.25, -0.2) is 0 Å². The average Bonchev–Trinajstić information content (AvgIpc) is 2.03. The Bertz CT molecular complexity index is 1650. The minimum absolute atomic E-state index is 0.170. The molecule has 0 saturated heterocycles. The van der Waals surface area contributed by atoms with Gasteiger partial charge in [-0.1, -0.05) is 238 Å². The van der Waals surface area contributed by atoms with Crippen LogP contribution in [-0.4, -0.2) is 37.1 Å². The molecule has 11 unspecified atom stereocenters. The van der Waals surface area contributed by atoms with Crippen LogP contribution in [0, 0.1) is 105 Å². The molecule has 88 heavy (non-hydrogen) atoms. The number of hydrogen-bond acceptors (Lipinski definition) is 0. The summed E-state index contributed by atoms with van der Waals surface area (Å²) in [6, 6.07) is 0. The molecule has 0 amide bonds. The summed E-state index contributed by atoms with van der Waals surface area (Å²) < 4.78 is 231. The van der Waals surface area contributed by atoms with Crippen molar-refractivity contribution >= 4 is 0 Å². The summed E-state index contributed by atoms with van der Waals surface area (Å²) in [4.78, 5) is 0. The topological polar surface area (TPSA) is 0 Å².